The van der Waals surface area contributed by atoms with Gasteiger partial charge in [0.1, 0.15) is 6.17 Å². The molecule has 0 bridgehead atoms. The third-order valence-electron chi connectivity index (χ3n) is 5.92. The van der Waals surface area contributed by atoms with Crippen molar-refractivity contribution in [1.82, 2.24) is 4.90 Å². The molecule has 7 heteroatoms. The molecule has 0 aromatic heterocycles. The maximum absolute atomic E-state index is 14.0. The minimum Gasteiger partial charge on any atom is -0.481 e. The van der Waals surface area contributed by atoms with Crippen LogP contribution in [0.3, 0.4) is 0 Å². The topological polar surface area (TPSA) is 92.9 Å². The Morgan fingerprint density at radius 1 is 1.29 bits per heavy atom. The van der Waals surface area contributed by atoms with E-state index in [2.05, 4.69) is 0 Å². The van der Waals surface area contributed by atoms with Crippen LogP contribution in [0.25, 0.3) is 0 Å². The van der Waals surface area contributed by atoms with Crippen LogP contribution in [0.2, 0.25) is 0 Å². The molecule has 1 aliphatic heterocycles. The number of rotatable bonds is 6. The molecule has 1 saturated heterocycles. The van der Waals surface area contributed by atoms with E-state index in [1.165, 1.54) is 0 Å². The lowest BCUT2D eigenvalue weighted by atomic mass is 9.87. The summed E-state index contributed by atoms with van der Waals surface area (Å²) in [4.78, 5) is 25.4. The van der Waals surface area contributed by atoms with E-state index in [4.69, 9.17) is 15.6 Å². The van der Waals surface area contributed by atoms with Gasteiger partial charge >= 0.3 is 5.97 Å². The van der Waals surface area contributed by atoms with Crippen LogP contribution in [0, 0.1) is 12.8 Å². The van der Waals surface area contributed by atoms with Crippen LogP contribution < -0.4 is 5.73 Å². The summed E-state index contributed by atoms with van der Waals surface area (Å²) in [5.74, 6) is -1.14. The van der Waals surface area contributed by atoms with Gasteiger partial charge in [-0.3, -0.25) is 9.59 Å². The van der Waals surface area contributed by atoms with Crippen molar-refractivity contribution in [1.29, 1.82) is 0 Å². The number of nitrogens with two attached hydrogens (primary N) is 1. The Labute approximate surface area is 164 Å². The highest BCUT2D eigenvalue weighted by molar-refractivity contribution is 5.79. The molecule has 3 N–H and O–H groups in total. The van der Waals surface area contributed by atoms with Crippen LogP contribution in [0.1, 0.15) is 43.2 Å². The Hall–Kier alpha value is -2.15. The number of nitrogen functional groups attached to an aromatic ring is 1. The highest BCUT2D eigenvalue weighted by atomic mass is 19.1. The molecule has 1 amide bonds. The number of ether oxygens (including phenoxy) is 1. The first-order valence-corrected chi connectivity index (χ1v) is 9.96. The van der Waals surface area contributed by atoms with Crippen LogP contribution in [0.15, 0.2) is 18.2 Å². The normalized spacial score (nSPS) is 27.7. The summed E-state index contributed by atoms with van der Waals surface area (Å²) >= 11 is 0. The van der Waals surface area contributed by atoms with Crippen molar-refractivity contribution in [3.05, 3.63) is 29.3 Å². The van der Waals surface area contributed by atoms with Gasteiger partial charge in [0.2, 0.25) is 5.91 Å². The molecule has 2 fully saturated rings. The number of likely N-dealkylation sites (tertiary alicyclic amines) is 1. The van der Waals surface area contributed by atoms with E-state index >= 15 is 0 Å². The van der Waals surface area contributed by atoms with Crippen LogP contribution in [0.5, 0.6) is 0 Å². The maximum Gasteiger partial charge on any atom is 0.306 e. The van der Waals surface area contributed by atoms with Crippen molar-refractivity contribution in [2.45, 2.75) is 63.8 Å². The van der Waals surface area contributed by atoms with Crippen LogP contribution >= 0.6 is 0 Å². The number of amides is 1. The van der Waals surface area contributed by atoms with E-state index in [1.54, 1.807) is 11.0 Å². The lowest BCUT2D eigenvalue weighted by molar-refractivity contribution is -0.144. The van der Waals surface area contributed by atoms with Gasteiger partial charge in [0, 0.05) is 12.1 Å². The molecule has 1 aromatic rings. The highest BCUT2D eigenvalue weighted by Crippen LogP contribution is 2.28. The van der Waals surface area contributed by atoms with Crippen molar-refractivity contribution < 1.29 is 23.8 Å². The monoisotopic (exact) mass is 392 g/mol. The van der Waals surface area contributed by atoms with Crippen LogP contribution in [-0.2, 0) is 20.7 Å². The van der Waals surface area contributed by atoms with Crippen molar-refractivity contribution in [3.8, 4) is 0 Å². The van der Waals surface area contributed by atoms with Gasteiger partial charge in [-0.25, -0.2) is 4.39 Å². The van der Waals surface area contributed by atoms with Gasteiger partial charge < -0.3 is 20.5 Å². The minimum atomic E-state index is -1.03. The molecule has 2 atom stereocenters. The van der Waals surface area contributed by atoms with Gasteiger partial charge in [0.15, 0.2) is 0 Å². The smallest absolute Gasteiger partial charge is 0.306 e. The molecule has 1 aromatic carbocycles. The third kappa shape index (κ3) is 5.01. The van der Waals surface area contributed by atoms with E-state index < -0.39 is 12.1 Å². The predicted octanol–water partition coefficient (Wildman–Crippen LogP) is 2.72. The second-order valence-electron chi connectivity index (χ2n) is 8.05. The zero-order valence-electron chi connectivity index (χ0n) is 16.3. The average Bonchev–Trinajstić information content (AvgIpc) is 3.04. The Morgan fingerprint density at radius 2 is 2.00 bits per heavy atom. The molecule has 154 valence electrons. The lowest BCUT2D eigenvalue weighted by Crippen LogP contribution is -2.40. The van der Waals surface area contributed by atoms with Crippen LogP contribution in [0.4, 0.5) is 10.1 Å². The Bertz CT molecular complexity index is 718. The Balaban J connectivity index is 1.53. The number of hydrogen-bond acceptors (Lipinski definition) is 4. The van der Waals surface area contributed by atoms with Crippen molar-refractivity contribution in [2.24, 2.45) is 5.92 Å². The van der Waals surface area contributed by atoms with Crippen molar-refractivity contribution in [2.75, 3.05) is 18.9 Å². The number of carboxylic acid groups (broad SMARTS) is 1. The number of carbonyl (C=O) groups is 2. The number of anilines is 1. The SMILES string of the molecule is Cc1cc(CC(=O)N2C[C@@H](F)C[C@H]2CO[C@H]2CC[C@H](C(=O)O)CC2)ccc1N. The summed E-state index contributed by atoms with van der Waals surface area (Å²) in [7, 11) is 0. The highest BCUT2D eigenvalue weighted by Gasteiger charge is 2.36. The van der Waals surface area contributed by atoms with Crippen molar-refractivity contribution >= 4 is 17.6 Å². The van der Waals surface area contributed by atoms with E-state index in [-0.39, 0.29) is 43.4 Å². The minimum absolute atomic E-state index is 0.00837. The molecule has 2 aliphatic rings. The first kappa shape index (κ1) is 20.6. The van der Waals surface area contributed by atoms with Gasteiger partial charge in [-0.1, -0.05) is 12.1 Å². The van der Waals surface area contributed by atoms with Crippen LogP contribution in [-0.4, -0.2) is 53.4 Å². The number of carboxylic acids is 1. The fraction of sp³-hybridized carbons (Fsp3) is 0.619. The summed E-state index contributed by atoms with van der Waals surface area (Å²) in [6.45, 7) is 2.30. The number of carbonyl (C=O) groups excluding carboxylic acids is 1. The molecule has 0 unspecified atom stereocenters. The number of alkyl halides is 1. The van der Waals surface area contributed by atoms with Gasteiger partial charge in [-0.05, 0) is 49.8 Å². The predicted molar refractivity (Wildman–Crippen MR) is 104 cm³/mol. The molecule has 0 spiro atoms. The quantitative estimate of drug-likeness (QED) is 0.726. The molecular weight excluding hydrogens is 363 g/mol. The van der Waals surface area contributed by atoms with Gasteiger partial charge in [-0.2, -0.15) is 0 Å². The van der Waals surface area contributed by atoms with E-state index in [0.29, 0.717) is 38.0 Å². The Kier molecular flexibility index (Phi) is 6.54. The summed E-state index contributed by atoms with van der Waals surface area (Å²) in [5, 5.41) is 9.07. The number of hydrogen-bond donors (Lipinski definition) is 2. The molecule has 0 radical (unpaired) electrons. The summed E-state index contributed by atoms with van der Waals surface area (Å²) in [6, 6.07) is 5.24. The largest absolute Gasteiger partial charge is 0.481 e. The fourth-order valence-electron chi connectivity index (χ4n) is 4.17. The summed E-state index contributed by atoms with van der Waals surface area (Å²) in [6.07, 6.45) is 2.07. The number of halogens is 1. The second kappa shape index (κ2) is 8.90. The zero-order valence-corrected chi connectivity index (χ0v) is 16.3. The maximum atomic E-state index is 14.0. The van der Waals surface area contributed by atoms with Gasteiger partial charge in [0.05, 0.1) is 37.6 Å². The molecular formula is C21H29FN2O4. The molecule has 1 heterocycles. The van der Waals surface area contributed by atoms with Gasteiger partial charge in [-0.15, -0.1) is 0 Å². The Morgan fingerprint density at radius 3 is 2.64 bits per heavy atom. The second-order valence-corrected chi connectivity index (χ2v) is 8.05. The lowest BCUT2D eigenvalue weighted by Gasteiger charge is -2.29. The first-order valence-electron chi connectivity index (χ1n) is 9.96. The first-order chi connectivity index (χ1) is 13.3. The number of aryl methyl sites for hydroxylation is 1. The molecule has 28 heavy (non-hydrogen) atoms. The fourth-order valence-corrected chi connectivity index (χ4v) is 4.17. The summed E-state index contributed by atoms with van der Waals surface area (Å²) < 4.78 is 20.0. The standard InChI is InChI=1S/C21H29FN2O4/c1-13-8-14(2-7-19(13)23)9-20(25)24-11-16(22)10-17(24)12-28-18-5-3-15(4-6-18)21(26)27/h2,7-8,15-18H,3-6,9-12,23H2,1H3,(H,26,27)/t15-,16-,17-,18-/m0/s1. The molecule has 3 rings (SSSR count). The van der Waals surface area contributed by atoms with E-state index in [0.717, 1.165) is 11.1 Å². The number of aliphatic carboxylic acids is 1. The summed E-state index contributed by atoms with van der Waals surface area (Å²) in [5.41, 5.74) is 8.30. The van der Waals surface area contributed by atoms with E-state index in [1.807, 2.05) is 19.1 Å². The number of benzene rings is 1. The zero-order chi connectivity index (χ0) is 20.3. The van der Waals surface area contributed by atoms with E-state index in [9.17, 15) is 14.0 Å². The molecule has 6 nitrogen and oxygen atoms in total. The number of nitrogens with zero attached hydrogens (tertiary/aromatic N) is 1. The third-order valence-corrected chi connectivity index (χ3v) is 5.92. The van der Waals surface area contributed by atoms with Crippen molar-refractivity contribution in [3.63, 3.8) is 0 Å². The molecule has 1 aliphatic carbocycles. The average molecular weight is 392 g/mol. The molecule has 1 saturated carbocycles. The van der Waals surface area contributed by atoms with Gasteiger partial charge in [0.25, 0.3) is 0 Å².